The van der Waals surface area contributed by atoms with Crippen molar-refractivity contribution >= 4 is 37.6 Å². The van der Waals surface area contributed by atoms with Gasteiger partial charge >= 0.3 is 26.3 Å². The predicted molar refractivity (Wildman–Crippen MR) is 115 cm³/mol. The van der Waals surface area contributed by atoms with E-state index in [2.05, 4.69) is 10.6 Å². The molecule has 0 spiro atoms. The fourth-order valence-corrected chi connectivity index (χ4v) is 4.38. The Morgan fingerprint density at radius 3 is 1.97 bits per heavy atom. The maximum Gasteiger partial charge on any atom is 0.323 e. The van der Waals surface area contributed by atoms with E-state index in [0.29, 0.717) is 18.5 Å². The number of rotatable bonds is 10. The Balaban J connectivity index is 2.03. The van der Waals surface area contributed by atoms with Crippen molar-refractivity contribution in [1.29, 1.82) is 0 Å². The van der Waals surface area contributed by atoms with E-state index in [0.717, 1.165) is 0 Å². The van der Waals surface area contributed by atoms with Gasteiger partial charge in [0.25, 0.3) is 0 Å². The van der Waals surface area contributed by atoms with Gasteiger partial charge in [-0.3, -0.25) is 0 Å². The van der Waals surface area contributed by atoms with Crippen LogP contribution in [0, 0.1) is 0 Å². The first-order chi connectivity index (χ1) is 14.1. The third-order valence-electron chi connectivity index (χ3n) is 3.60. The van der Waals surface area contributed by atoms with E-state index in [4.69, 9.17) is 8.37 Å². The molecule has 0 heterocycles. The lowest BCUT2D eigenvalue weighted by atomic mass is 10.3. The molecule has 0 bridgehead atoms. The highest BCUT2D eigenvalue weighted by molar-refractivity contribution is 7.87. The molecule has 2 N–H and O–H groups in total. The monoisotopic (exact) mass is 456 g/mol. The normalized spacial score (nSPS) is 11.5. The summed E-state index contributed by atoms with van der Waals surface area (Å²) in [5.41, 5.74) is 0.560. The lowest BCUT2D eigenvalue weighted by Gasteiger charge is -2.13. The number of hydrogen-bond acceptors (Lipinski definition) is 7. The minimum absolute atomic E-state index is 0.00554. The molecule has 2 aromatic rings. The van der Waals surface area contributed by atoms with E-state index in [-0.39, 0.29) is 28.7 Å². The fraction of sp³-hybridized carbons (Fsp3) is 0.316. The van der Waals surface area contributed by atoms with E-state index < -0.39 is 26.3 Å². The SMILES string of the molecule is CCCS(=O)(=O)Oc1ccc(NC(=O)Nc2ccccc2OS(=O)(=O)CCC)cc1. The molecular weight excluding hydrogens is 432 g/mol. The Bertz CT molecular complexity index is 1070. The van der Waals surface area contributed by atoms with Crippen molar-refractivity contribution in [3.63, 3.8) is 0 Å². The molecule has 2 aromatic carbocycles. The molecule has 0 aliphatic carbocycles. The largest absolute Gasteiger partial charge is 0.382 e. The molecule has 0 atom stereocenters. The lowest BCUT2D eigenvalue weighted by molar-refractivity contribution is 0.262. The topological polar surface area (TPSA) is 128 Å². The number of anilines is 2. The van der Waals surface area contributed by atoms with Gasteiger partial charge in [-0.1, -0.05) is 26.0 Å². The van der Waals surface area contributed by atoms with Crippen molar-refractivity contribution in [1.82, 2.24) is 0 Å². The van der Waals surface area contributed by atoms with Crippen LogP contribution >= 0.6 is 0 Å². The van der Waals surface area contributed by atoms with Gasteiger partial charge < -0.3 is 19.0 Å². The lowest BCUT2D eigenvalue weighted by Crippen LogP contribution is -2.21. The number of amides is 2. The summed E-state index contributed by atoms with van der Waals surface area (Å²) in [7, 11) is -7.41. The minimum Gasteiger partial charge on any atom is -0.382 e. The summed E-state index contributed by atoms with van der Waals surface area (Å²) < 4.78 is 57.2. The second-order valence-corrected chi connectivity index (χ2v) is 9.67. The molecule has 2 rings (SSSR count). The molecule has 0 fully saturated rings. The number of nitrogens with one attached hydrogen (secondary N) is 2. The van der Waals surface area contributed by atoms with Crippen LogP contribution < -0.4 is 19.0 Å². The van der Waals surface area contributed by atoms with Crippen molar-refractivity contribution in [3.8, 4) is 11.5 Å². The zero-order valence-corrected chi connectivity index (χ0v) is 18.3. The van der Waals surface area contributed by atoms with Gasteiger partial charge in [-0.2, -0.15) is 16.8 Å². The maximum absolute atomic E-state index is 12.3. The second kappa shape index (κ2) is 10.3. The smallest absolute Gasteiger partial charge is 0.323 e. The van der Waals surface area contributed by atoms with E-state index in [9.17, 15) is 21.6 Å². The van der Waals surface area contributed by atoms with Crippen molar-refractivity contribution in [2.24, 2.45) is 0 Å². The molecule has 30 heavy (non-hydrogen) atoms. The van der Waals surface area contributed by atoms with Crippen LogP contribution in [-0.4, -0.2) is 34.4 Å². The Kier molecular flexibility index (Phi) is 8.07. The van der Waals surface area contributed by atoms with Crippen LogP contribution in [-0.2, 0) is 20.2 Å². The quantitative estimate of drug-likeness (QED) is 0.523. The van der Waals surface area contributed by atoms with E-state index in [1.54, 1.807) is 26.0 Å². The first kappa shape index (κ1) is 23.5. The molecule has 0 unspecified atom stereocenters. The Morgan fingerprint density at radius 1 is 0.800 bits per heavy atom. The molecule has 0 aliphatic rings. The number of carbonyl (C=O) groups is 1. The van der Waals surface area contributed by atoms with Crippen LogP contribution in [0.3, 0.4) is 0 Å². The molecule has 9 nitrogen and oxygen atoms in total. The first-order valence-electron chi connectivity index (χ1n) is 9.25. The van der Waals surface area contributed by atoms with Crippen LogP contribution in [0.2, 0.25) is 0 Å². The van der Waals surface area contributed by atoms with Gasteiger partial charge in [0.05, 0.1) is 17.2 Å². The third-order valence-corrected chi connectivity index (χ3v) is 6.29. The van der Waals surface area contributed by atoms with Gasteiger partial charge in [0, 0.05) is 5.69 Å². The number of urea groups is 1. The summed E-state index contributed by atoms with van der Waals surface area (Å²) >= 11 is 0. The Morgan fingerprint density at radius 2 is 1.37 bits per heavy atom. The van der Waals surface area contributed by atoms with Crippen molar-refractivity contribution in [2.75, 3.05) is 22.1 Å². The van der Waals surface area contributed by atoms with Crippen LogP contribution in [0.1, 0.15) is 26.7 Å². The average molecular weight is 457 g/mol. The van der Waals surface area contributed by atoms with Gasteiger partial charge in [0.1, 0.15) is 5.75 Å². The highest BCUT2D eigenvalue weighted by atomic mass is 32.2. The van der Waals surface area contributed by atoms with E-state index >= 15 is 0 Å². The number of para-hydroxylation sites is 2. The maximum atomic E-state index is 12.3. The summed E-state index contributed by atoms with van der Waals surface area (Å²) in [5, 5.41) is 5.09. The molecule has 0 aliphatic heterocycles. The molecule has 11 heteroatoms. The summed E-state index contributed by atoms with van der Waals surface area (Å²) in [4.78, 5) is 12.3. The summed E-state index contributed by atoms with van der Waals surface area (Å²) in [6.45, 7) is 3.45. The average Bonchev–Trinajstić information content (AvgIpc) is 2.64. The summed E-state index contributed by atoms with van der Waals surface area (Å²) in [6.07, 6.45) is 0.838. The minimum atomic E-state index is -3.76. The molecule has 0 radical (unpaired) electrons. The zero-order valence-electron chi connectivity index (χ0n) is 16.6. The second-order valence-electron chi connectivity index (χ2n) is 6.29. The van der Waals surface area contributed by atoms with Crippen molar-refractivity contribution < 1.29 is 30.0 Å². The zero-order chi connectivity index (χ0) is 22.2. The van der Waals surface area contributed by atoms with Crippen LogP contribution in [0.4, 0.5) is 16.2 Å². The van der Waals surface area contributed by atoms with Crippen molar-refractivity contribution in [2.45, 2.75) is 26.7 Å². The van der Waals surface area contributed by atoms with Gasteiger partial charge in [-0.15, -0.1) is 0 Å². The van der Waals surface area contributed by atoms with E-state index in [1.807, 2.05) is 0 Å². The Labute approximate surface area is 176 Å². The number of benzene rings is 2. The van der Waals surface area contributed by atoms with Crippen LogP contribution in [0.15, 0.2) is 48.5 Å². The van der Waals surface area contributed by atoms with Gasteiger partial charge in [-0.05, 0) is 49.2 Å². The molecule has 0 saturated carbocycles. The standard InChI is InChI=1S/C19H24N2O7S2/c1-3-13-29(23,24)27-16-11-9-15(10-12-16)20-19(22)21-17-7-5-6-8-18(17)28-30(25,26)14-4-2/h5-12H,3-4,13-14H2,1-2H3,(H2,20,21,22). The van der Waals surface area contributed by atoms with Crippen molar-refractivity contribution in [3.05, 3.63) is 48.5 Å². The fourth-order valence-electron chi connectivity index (χ4n) is 2.39. The summed E-state index contributed by atoms with van der Waals surface area (Å²) in [6, 6.07) is 11.3. The van der Waals surface area contributed by atoms with Gasteiger partial charge in [0.2, 0.25) is 0 Å². The van der Waals surface area contributed by atoms with Gasteiger partial charge in [-0.25, -0.2) is 4.79 Å². The molecule has 2 amide bonds. The number of hydrogen-bond donors (Lipinski definition) is 2. The number of carbonyl (C=O) groups excluding carboxylic acids is 1. The summed E-state index contributed by atoms with van der Waals surface area (Å²) in [5.74, 6) is -0.0962. The Hall–Kier alpha value is -2.79. The molecule has 164 valence electrons. The highest BCUT2D eigenvalue weighted by Gasteiger charge is 2.16. The van der Waals surface area contributed by atoms with E-state index in [1.165, 1.54) is 36.4 Å². The van der Waals surface area contributed by atoms with Crippen LogP contribution in [0.25, 0.3) is 0 Å². The molecular formula is C19H24N2O7S2. The van der Waals surface area contributed by atoms with Crippen LogP contribution in [0.5, 0.6) is 11.5 Å². The molecule has 0 aromatic heterocycles. The third kappa shape index (κ3) is 7.56. The predicted octanol–water partition coefficient (Wildman–Crippen LogP) is 3.57. The molecule has 0 saturated heterocycles. The first-order valence-corrected chi connectivity index (χ1v) is 12.4. The highest BCUT2D eigenvalue weighted by Crippen LogP contribution is 2.26. The van der Waals surface area contributed by atoms with Gasteiger partial charge in [0.15, 0.2) is 5.75 Å².